The molecular formula is C26H20F2N6O5. The smallest absolute Gasteiger partial charge is 0.351 e. The van der Waals surface area contributed by atoms with Gasteiger partial charge in [0, 0.05) is 37.0 Å². The van der Waals surface area contributed by atoms with Crippen molar-refractivity contribution in [2.75, 3.05) is 10.6 Å². The fraction of sp³-hybridized carbons (Fsp3) is 0.154. The summed E-state index contributed by atoms with van der Waals surface area (Å²) < 4.78 is 35.4. The van der Waals surface area contributed by atoms with Crippen LogP contribution in [0.3, 0.4) is 0 Å². The van der Waals surface area contributed by atoms with Crippen molar-refractivity contribution in [3.63, 3.8) is 0 Å². The average molecular weight is 534 g/mol. The summed E-state index contributed by atoms with van der Waals surface area (Å²) in [5.74, 6) is -2.34. The zero-order chi connectivity index (χ0) is 27.7. The normalized spacial score (nSPS) is 12.6. The van der Waals surface area contributed by atoms with Gasteiger partial charge in [-0.1, -0.05) is 6.07 Å². The Morgan fingerprint density at radius 1 is 1.03 bits per heavy atom. The molecule has 11 nitrogen and oxygen atoms in total. The minimum Gasteiger partial charge on any atom is -0.454 e. The van der Waals surface area contributed by atoms with Gasteiger partial charge < -0.3 is 15.4 Å². The lowest BCUT2D eigenvalue weighted by atomic mass is 10.2. The third-order valence-electron chi connectivity index (χ3n) is 5.79. The predicted octanol–water partition coefficient (Wildman–Crippen LogP) is 3.00. The van der Waals surface area contributed by atoms with E-state index in [9.17, 15) is 28.0 Å². The molecular weight excluding hydrogens is 514 g/mol. The Labute approximate surface area is 218 Å². The molecule has 39 heavy (non-hydrogen) atoms. The number of anilines is 2. The van der Waals surface area contributed by atoms with Gasteiger partial charge in [-0.3, -0.25) is 19.0 Å². The first kappa shape index (κ1) is 25.4. The predicted molar refractivity (Wildman–Crippen MR) is 135 cm³/mol. The molecule has 2 heterocycles. The van der Waals surface area contributed by atoms with Crippen molar-refractivity contribution in [2.24, 2.45) is 13.0 Å². The second-order valence-corrected chi connectivity index (χ2v) is 8.73. The van der Waals surface area contributed by atoms with E-state index >= 15 is 0 Å². The maximum Gasteiger partial charge on any atom is 0.351 e. The van der Waals surface area contributed by atoms with Crippen molar-refractivity contribution >= 4 is 23.3 Å². The van der Waals surface area contributed by atoms with Gasteiger partial charge in [0.25, 0.3) is 11.5 Å². The van der Waals surface area contributed by atoms with Gasteiger partial charge in [0.2, 0.25) is 11.6 Å². The largest absolute Gasteiger partial charge is 0.454 e. The minimum absolute atomic E-state index is 0.00331. The lowest BCUT2D eigenvalue weighted by Gasteiger charge is -2.11. The Kier molecular flexibility index (Phi) is 6.71. The summed E-state index contributed by atoms with van der Waals surface area (Å²) in [7, 11) is 1.15. The minimum atomic E-state index is -1.01. The maximum atomic E-state index is 14.8. The summed E-state index contributed by atoms with van der Waals surface area (Å²) in [4.78, 5) is 53.9. The zero-order valence-electron chi connectivity index (χ0n) is 20.4. The molecule has 0 unspecified atom stereocenters. The van der Waals surface area contributed by atoms with Gasteiger partial charge in [0.05, 0.1) is 5.69 Å². The Morgan fingerprint density at radius 3 is 2.54 bits per heavy atom. The number of aromatic nitrogens is 4. The number of hydrogen-bond donors (Lipinski definition) is 2. The van der Waals surface area contributed by atoms with Crippen LogP contribution in [-0.2, 0) is 11.8 Å². The van der Waals surface area contributed by atoms with Gasteiger partial charge in [-0.25, -0.2) is 18.6 Å². The second kappa shape index (κ2) is 10.3. The van der Waals surface area contributed by atoms with Crippen LogP contribution in [0.4, 0.5) is 20.3 Å². The quantitative estimate of drug-likeness (QED) is 0.372. The summed E-state index contributed by atoms with van der Waals surface area (Å²) in [6.45, 7) is 0. The van der Waals surface area contributed by atoms with E-state index in [1.54, 1.807) is 0 Å². The molecule has 0 saturated heterocycles. The molecule has 1 fully saturated rings. The van der Waals surface area contributed by atoms with Crippen LogP contribution >= 0.6 is 0 Å². The van der Waals surface area contributed by atoms with Crippen molar-refractivity contribution in [2.45, 2.75) is 12.8 Å². The third kappa shape index (κ3) is 5.56. The highest BCUT2D eigenvalue weighted by Crippen LogP contribution is 2.31. The molecule has 0 bridgehead atoms. The first-order valence-electron chi connectivity index (χ1n) is 11.7. The summed E-state index contributed by atoms with van der Waals surface area (Å²) >= 11 is 0. The van der Waals surface area contributed by atoms with E-state index in [0.717, 1.165) is 38.1 Å². The molecule has 4 aromatic rings. The number of ether oxygens (including phenoxy) is 1. The van der Waals surface area contributed by atoms with Crippen molar-refractivity contribution in [3.8, 4) is 17.2 Å². The molecule has 2 amide bonds. The van der Waals surface area contributed by atoms with Crippen LogP contribution in [0.1, 0.15) is 23.3 Å². The Hall–Kier alpha value is -5.20. The first-order chi connectivity index (χ1) is 18.7. The lowest BCUT2D eigenvalue weighted by molar-refractivity contribution is -0.117. The fourth-order valence-corrected chi connectivity index (χ4v) is 3.59. The van der Waals surface area contributed by atoms with Crippen LogP contribution in [0.15, 0.2) is 70.4 Å². The Morgan fingerprint density at radius 2 is 1.82 bits per heavy atom. The summed E-state index contributed by atoms with van der Waals surface area (Å²) in [6.07, 6.45) is 3.07. The number of nitrogens with one attached hydrogen (secondary N) is 2. The molecule has 0 radical (unpaired) electrons. The molecule has 13 heteroatoms. The topological polar surface area (TPSA) is 137 Å². The Bertz CT molecular complexity index is 1730. The number of halogens is 2. The van der Waals surface area contributed by atoms with Gasteiger partial charge in [-0.15, -0.1) is 0 Å². The number of pyridine rings is 1. The molecule has 198 valence electrons. The van der Waals surface area contributed by atoms with Crippen LogP contribution in [0, 0.1) is 17.6 Å². The molecule has 0 spiro atoms. The van der Waals surface area contributed by atoms with Crippen LogP contribution in [0.25, 0.3) is 5.69 Å². The number of nitrogens with zero attached hydrogens (tertiary/aromatic N) is 4. The van der Waals surface area contributed by atoms with Gasteiger partial charge >= 0.3 is 5.69 Å². The third-order valence-corrected chi connectivity index (χ3v) is 5.79. The van der Waals surface area contributed by atoms with E-state index in [-0.39, 0.29) is 40.5 Å². The van der Waals surface area contributed by atoms with E-state index in [2.05, 4.69) is 20.7 Å². The first-order valence-corrected chi connectivity index (χ1v) is 11.7. The average Bonchev–Trinajstić information content (AvgIpc) is 3.75. The number of carbonyl (C=O) groups excluding carboxylic acids is 2. The maximum absolute atomic E-state index is 14.8. The molecule has 1 aliphatic rings. The number of benzene rings is 2. The SMILES string of the molecule is Cn1c(=O)c(C(=O)Nc2ccc(Oc3ccnc(NC(=O)C4CC4)c3)c(F)c2)nn(-c2cccc(F)c2)c1=O. The van der Waals surface area contributed by atoms with E-state index in [4.69, 9.17) is 4.74 Å². The van der Waals surface area contributed by atoms with E-state index in [1.807, 2.05) is 0 Å². The van der Waals surface area contributed by atoms with Crippen molar-refractivity contribution in [1.29, 1.82) is 0 Å². The standard InChI is InChI=1S/C26H20F2N6O5/c1-33-25(37)22(32-34(26(33)38)17-4-2-3-15(27)11-17)24(36)30-16-7-8-20(19(28)12-16)39-18-9-10-29-21(13-18)31-23(35)14-5-6-14/h2-4,7-14H,5-6H2,1H3,(H,30,36)(H,29,31,35). The monoisotopic (exact) mass is 534 g/mol. The second-order valence-electron chi connectivity index (χ2n) is 8.73. The zero-order valence-corrected chi connectivity index (χ0v) is 20.4. The molecule has 1 aliphatic carbocycles. The fourth-order valence-electron chi connectivity index (χ4n) is 3.59. The Balaban J connectivity index is 1.34. The summed E-state index contributed by atoms with van der Waals surface area (Å²) in [5, 5.41) is 8.85. The number of hydrogen-bond acceptors (Lipinski definition) is 7. The molecule has 0 aliphatic heterocycles. The van der Waals surface area contributed by atoms with E-state index in [0.29, 0.717) is 9.25 Å². The molecule has 2 aromatic heterocycles. The van der Waals surface area contributed by atoms with Crippen molar-refractivity contribution in [1.82, 2.24) is 19.3 Å². The number of carbonyl (C=O) groups is 2. The lowest BCUT2D eigenvalue weighted by Crippen LogP contribution is -2.43. The summed E-state index contributed by atoms with van der Waals surface area (Å²) in [5.41, 5.74) is -2.57. The molecule has 1 saturated carbocycles. The molecule has 2 N–H and O–H groups in total. The van der Waals surface area contributed by atoms with Crippen LogP contribution < -0.4 is 26.6 Å². The van der Waals surface area contributed by atoms with Gasteiger partial charge in [-0.05, 0) is 49.2 Å². The number of amides is 2. The highest BCUT2D eigenvalue weighted by atomic mass is 19.1. The van der Waals surface area contributed by atoms with Crippen molar-refractivity contribution < 1.29 is 23.1 Å². The van der Waals surface area contributed by atoms with Crippen LogP contribution in [0.5, 0.6) is 11.5 Å². The highest BCUT2D eigenvalue weighted by Gasteiger charge is 2.29. The van der Waals surface area contributed by atoms with Crippen molar-refractivity contribution in [3.05, 3.63) is 99.0 Å². The van der Waals surface area contributed by atoms with Gasteiger partial charge in [0.15, 0.2) is 11.6 Å². The van der Waals surface area contributed by atoms with Crippen LogP contribution in [-0.4, -0.2) is 31.1 Å². The van der Waals surface area contributed by atoms with Gasteiger partial charge in [0.1, 0.15) is 17.4 Å². The molecule has 5 rings (SSSR count). The molecule has 2 aromatic carbocycles. The number of rotatable bonds is 7. The highest BCUT2D eigenvalue weighted by molar-refractivity contribution is 6.02. The van der Waals surface area contributed by atoms with E-state index in [1.165, 1.54) is 42.6 Å². The van der Waals surface area contributed by atoms with Crippen LogP contribution in [0.2, 0.25) is 0 Å². The van der Waals surface area contributed by atoms with Gasteiger partial charge in [-0.2, -0.15) is 9.78 Å². The summed E-state index contributed by atoms with van der Waals surface area (Å²) in [6, 6.07) is 11.4. The van der Waals surface area contributed by atoms with E-state index < -0.39 is 34.5 Å². The molecule has 0 atom stereocenters.